The molecule has 5 heteroatoms. The summed E-state index contributed by atoms with van der Waals surface area (Å²) in [6.07, 6.45) is 1.73. The molecule has 10 heavy (non-hydrogen) atoms. The van der Waals surface area contributed by atoms with Crippen molar-refractivity contribution in [3.63, 3.8) is 0 Å². The quantitative estimate of drug-likeness (QED) is 0.462. The Morgan fingerprint density at radius 2 is 2.20 bits per heavy atom. The van der Waals surface area contributed by atoms with Gasteiger partial charge in [0.2, 0.25) is 0 Å². The van der Waals surface area contributed by atoms with E-state index in [1.54, 1.807) is 24.7 Å². The van der Waals surface area contributed by atoms with Crippen molar-refractivity contribution in [2.45, 2.75) is 6.92 Å². The highest BCUT2D eigenvalue weighted by atomic mass is 16.4. The van der Waals surface area contributed by atoms with Gasteiger partial charge in [0.15, 0.2) is 0 Å². The van der Waals surface area contributed by atoms with E-state index in [1.165, 1.54) is 0 Å². The van der Waals surface area contributed by atoms with Gasteiger partial charge in [0.25, 0.3) is 0 Å². The molecule has 2 N–H and O–H groups in total. The average Bonchev–Trinajstić information content (AvgIpc) is 2.10. The van der Waals surface area contributed by atoms with Gasteiger partial charge < -0.3 is 14.6 Å². The molecule has 4 nitrogen and oxygen atoms in total. The smallest absolute Gasteiger partial charge is 0.421 e. The molecule has 1 heterocycles. The molecule has 1 aromatic heterocycles. The summed E-state index contributed by atoms with van der Waals surface area (Å²) in [5.41, 5.74) is 1.06. The zero-order chi connectivity index (χ0) is 7.72. The van der Waals surface area contributed by atoms with Gasteiger partial charge in [-0.05, 0) is 6.92 Å². The van der Waals surface area contributed by atoms with E-state index >= 15 is 0 Å². The first-order valence-electron chi connectivity index (χ1n) is 2.97. The van der Waals surface area contributed by atoms with Gasteiger partial charge in [-0.15, -0.1) is 0 Å². The Hall–Kier alpha value is -0.805. The fourth-order valence-corrected chi connectivity index (χ4v) is 0.875. The first-order valence-corrected chi connectivity index (χ1v) is 2.97. The second-order valence-electron chi connectivity index (χ2n) is 2.23. The molecule has 0 aliphatic carbocycles. The molecule has 54 valence electrons. The highest BCUT2D eigenvalue weighted by molar-refractivity contribution is 6.56. The van der Waals surface area contributed by atoms with Crippen LogP contribution in [0, 0.1) is 6.92 Å². The van der Waals surface area contributed by atoms with Gasteiger partial charge in [-0.25, -0.2) is 4.98 Å². The third-order valence-electron chi connectivity index (χ3n) is 1.26. The minimum Gasteiger partial charge on any atom is -0.421 e. The second kappa shape index (κ2) is 2.44. The zero-order valence-electron chi connectivity index (χ0n) is 5.94. The molecule has 0 amide bonds. The molecule has 0 spiro atoms. The van der Waals surface area contributed by atoms with Crippen molar-refractivity contribution in [2.75, 3.05) is 0 Å². The number of hydrogen-bond donors (Lipinski definition) is 2. The van der Waals surface area contributed by atoms with Gasteiger partial charge >= 0.3 is 7.12 Å². The molecule has 0 atom stereocenters. The maximum Gasteiger partial charge on any atom is 0.526 e. The summed E-state index contributed by atoms with van der Waals surface area (Å²) >= 11 is 0. The monoisotopic (exact) mass is 140 g/mol. The fourth-order valence-electron chi connectivity index (χ4n) is 0.875. The molecule has 0 unspecified atom stereocenters. The molecule has 0 aliphatic rings. The molecule has 0 saturated carbocycles. The minimum absolute atomic E-state index is 0.275. The second-order valence-corrected chi connectivity index (χ2v) is 2.23. The van der Waals surface area contributed by atoms with Crippen molar-refractivity contribution in [2.24, 2.45) is 7.05 Å². The predicted molar refractivity (Wildman–Crippen MR) is 37.8 cm³/mol. The Bertz CT molecular complexity index is 234. The Morgan fingerprint density at radius 3 is 2.40 bits per heavy atom. The predicted octanol–water partition coefficient (Wildman–Crippen LogP) is -1.59. The molecule has 0 radical (unpaired) electrons. The molecule has 0 aliphatic heterocycles. The highest BCUT2D eigenvalue weighted by Crippen LogP contribution is 1.87. The maximum atomic E-state index is 8.69. The molecule has 1 rings (SSSR count). The van der Waals surface area contributed by atoms with Crippen LogP contribution in [0.5, 0.6) is 0 Å². The Kier molecular flexibility index (Phi) is 1.78. The van der Waals surface area contributed by atoms with E-state index in [0.717, 1.165) is 5.69 Å². The van der Waals surface area contributed by atoms with E-state index in [9.17, 15) is 0 Å². The number of aryl methyl sites for hydroxylation is 2. The first-order chi connectivity index (χ1) is 4.61. The topological polar surface area (TPSA) is 58.3 Å². The summed E-state index contributed by atoms with van der Waals surface area (Å²) in [6.45, 7) is 1.80. The zero-order valence-corrected chi connectivity index (χ0v) is 5.94. The third-order valence-corrected chi connectivity index (χ3v) is 1.26. The molecule has 0 aromatic carbocycles. The number of rotatable bonds is 1. The lowest BCUT2D eigenvalue weighted by Crippen LogP contribution is -2.37. The van der Waals surface area contributed by atoms with E-state index in [4.69, 9.17) is 10.0 Å². The van der Waals surface area contributed by atoms with Crippen LogP contribution in [0.3, 0.4) is 0 Å². The van der Waals surface area contributed by atoms with E-state index < -0.39 is 7.12 Å². The lowest BCUT2D eigenvalue weighted by atomic mass is 9.91. The number of nitrogens with zero attached hydrogens (tertiary/aromatic N) is 2. The van der Waals surface area contributed by atoms with Gasteiger partial charge in [0.1, 0.15) is 5.72 Å². The largest absolute Gasteiger partial charge is 0.526 e. The molecular formula is C5H9BN2O2. The van der Waals surface area contributed by atoms with Crippen LogP contribution >= 0.6 is 0 Å². The van der Waals surface area contributed by atoms with E-state index in [2.05, 4.69) is 4.98 Å². The van der Waals surface area contributed by atoms with Crippen molar-refractivity contribution in [1.82, 2.24) is 9.55 Å². The highest BCUT2D eigenvalue weighted by Gasteiger charge is 2.16. The molecule has 0 saturated heterocycles. The van der Waals surface area contributed by atoms with E-state index in [1.807, 2.05) is 0 Å². The van der Waals surface area contributed by atoms with Crippen molar-refractivity contribution in [3.8, 4) is 0 Å². The first kappa shape index (κ1) is 7.30. The van der Waals surface area contributed by atoms with E-state index in [-0.39, 0.29) is 5.72 Å². The van der Waals surface area contributed by atoms with Gasteiger partial charge in [-0.3, -0.25) is 0 Å². The number of hydrogen-bond acceptors (Lipinski definition) is 3. The number of aromatic nitrogens is 2. The Morgan fingerprint density at radius 1 is 1.60 bits per heavy atom. The van der Waals surface area contributed by atoms with Crippen LogP contribution in [0.4, 0.5) is 0 Å². The lowest BCUT2D eigenvalue weighted by Gasteiger charge is -1.96. The Balaban J connectivity index is 3.03. The van der Waals surface area contributed by atoms with Crippen LogP contribution in [-0.4, -0.2) is 26.7 Å². The normalized spacial score (nSPS) is 10.0. The summed E-state index contributed by atoms with van der Waals surface area (Å²) in [5.74, 6) is 0. The standard InChI is InChI=1S/C5H9BN2O2/c1-4-3-8(2)5(7-4)6(9)10/h3,9-10H,1-2H3. The maximum absolute atomic E-state index is 8.69. The van der Waals surface area contributed by atoms with Crippen molar-refractivity contribution < 1.29 is 10.0 Å². The van der Waals surface area contributed by atoms with Crippen molar-refractivity contribution in [3.05, 3.63) is 11.9 Å². The molecule has 1 aromatic rings. The van der Waals surface area contributed by atoms with Gasteiger partial charge in [0.05, 0.1) is 5.69 Å². The van der Waals surface area contributed by atoms with Gasteiger partial charge in [-0.1, -0.05) is 0 Å². The Labute approximate surface area is 59.3 Å². The van der Waals surface area contributed by atoms with Crippen molar-refractivity contribution >= 4 is 12.8 Å². The van der Waals surface area contributed by atoms with Crippen molar-refractivity contribution in [1.29, 1.82) is 0 Å². The van der Waals surface area contributed by atoms with Crippen LogP contribution in [0.15, 0.2) is 6.20 Å². The summed E-state index contributed by atoms with van der Waals surface area (Å²) in [6, 6.07) is 0. The van der Waals surface area contributed by atoms with Gasteiger partial charge in [-0.2, -0.15) is 0 Å². The molecular weight excluding hydrogens is 131 g/mol. The fraction of sp³-hybridized carbons (Fsp3) is 0.400. The summed E-state index contributed by atoms with van der Waals surface area (Å²) < 4.78 is 1.58. The van der Waals surface area contributed by atoms with Crippen LogP contribution in [0.2, 0.25) is 0 Å². The number of imidazole rings is 1. The van der Waals surface area contributed by atoms with Crippen LogP contribution in [0.1, 0.15) is 5.69 Å². The SMILES string of the molecule is Cc1cn(C)c(B(O)O)n1. The minimum atomic E-state index is -1.47. The molecule has 0 bridgehead atoms. The van der Waals surface area contributed by atoms with Crippen LogP contribution < -0.4 is 5.72 Å². The third kappa shape index (κ3) is 1.20. The van der Waals surface area contributed by atoms with Crippen LogP contribution in [-0.2, 0) is 7.05 Å². The summed E-state index contributed by atoms with van der Waals surface area (Å²) in [4.78, 5) is 3.87. The van der Waals surface area contributed by atoms with Gasteiger partial charge in [0, 0.05) is 13.2 Å². The van der Waals surface area contributed by atoms with Crippen LogP contribution in [0.25, 0.3) is 0 Å². The molecule has 0 fully saturated rings. The average molecular weight is 140 g/mol. The van der Waals surface area contributed by atoms with E-state index in [0.29, 0.717) is 0 Å². The lowest BCUT2D eigenvalue weighted by molar-refractivity contribution is 0.421. The summed E-state index contributed by atoms with van der Waals surface area (Å²) in [7, 11) is 0.244. The summed E-state index contributed by atoms with van der Waals surface area (Å²) in [5, 5.41) is 17.4.